The number of benzene rings is 1. The number of carbonyl (C=O) groups is 1. The van der Waals surface area contributed by atoms with E-state index in [1.807, 2.05) is 30.3 Å². The van der Waals surface area contributed by atoms with Crippen LogP contribution in [0, 0.1) is 5.92 Å². The molecule has 90 valence electrons. The van der Waals surface area contributed by atoms with Gasteiger partial charge in [0.05, 0.1) is 11.9 Å². The van der Waals surface area contributed by atoms with Crippen molar-refractivity contribution in [2.75, 3.05) is 5.32 Å². The van der Waals surface area contributed by atoms with E-state index in [1.54, 1.807) is 12.4 Å². The highest BCUT2D eigenvalue weighted by Gasteiger charge is 2.43. The number of rotatable bonds is 3. The van der Waals surface area contributed by atoms with Crippen LogP contribution in [0.5, 0.6) is 0 Å². The molecule has 1 aromatic carbocycles. The van der Waals surface area contributed by atoms with E-state index in [9.17, 15) is 4.79 Å². The molecule has 18 heavy (non-hydrogen) atoms. The zero-order valence-corrected chi connectivity index (χ0v) is 9.91. The summed E-state index contributed by atoms with van der Waals surface area (Å²) in [6.07, 6.45) is 4.30. The molecule has 1 amide bonds. The summed E-state index contributed by atoms with van der Waals surface area (Å²) < 4.78 is 0. The van der Waals surface area contributed by atoms with Gasteiger partial charge >= 0.3 is 0 Å². The monoisotopic (exact) mass is 238 g/mol. The molecule has 1 heterocycles. The highest BCUT2D eigenvalue weighted by atomic mass is 16.2. The van der Waals surface area contributed by atoms with Gasteiger partial charge in [0.15, 0.2) is 0 Å². The van der Waals surface area contributed by atoms with Crippen molar-refractivity contribution in [2.45, 2.75) is 12.3 Å². The van der Waals surface area contributed by atoms with E-state index in [4.69, 9.17) is 0 Å². The van der Waals surface area contributed by atoms with Crippen LogP contribution in [0.3, 0.4) is 0 Å². The van der Waals surface area contributed by atoms with Gasteiger partial charge in [-0.05, 0) is 30.0 Å². The molecular formula is C15H14N2O. The molecule has 1 aliphatic carbocycles. The number of carbonyl (C=O) groups excluding carboxylic acids is 1. The Bertz CT molecular complexity index is 539. The zero-order valence-electron chi connectivity index (χ0n) is 9.91. The molecule has 0 saturated heterocycles. The molecule has 0 radical (unpaired) electrons. The summed E-state index contributed by atoms with van der Waals surface area (Å²) in [5.41, 5.74) is 2.02. The average molecular weight is 238 g/mol. The Hall–Kier alpha value is -2.16. The molecule has 3 heteroatoms. The Morgan fingerprint density at radius 1 is 1.17 bits per heavy atom. The first-order valence-electron chi connectivity index (χ1n) is 6.10. The lowest BCUT2D eigenvalue weighted by molar-refractivity contribution is -0.117. The minimum Gasteiger partial charge on any atom is -0.324 e. The zero-order chi connectivity index (χ0) is 12.4. The second-order valence-corrected chi connectivity index (χ2v) is 4.59. The lowest BCUT2D eigenvalue weighted by Crippen LogP contribution is -2.14. The van der Waals surface area contributed by atoms with E-state index in [-0.39, 0.29) is 11.8 Å². The van der Waals surface area contributed by atoms with Crippen molar-refractivity contribution in [3.05, 3.63) is 60.4 Å². The molecule has 3 rings (SSSR count). The van der Waals surface area contributed by atoms with Crippen LogP contribution < -0.4 is 5.32 Å². The van der Waals surface area contributed by atoms with Crippen LogP contribution in [0.15, 0.2) is 54.9 Å². The van der Waals surface area contributed by atoms with E-state index in [0.717, 1.165) is 12.1 Å². The van der Waals surface area contributed by atoms with Crippen molar-refractivity contribution in [1.29, 1.82) is 0 Å². The first-order chi connectivity index (χ1) is 8.84. The second kappa shape index (κ2) is 4.61. The molecule has 1 saturated carbocycles. The SMILES string of the molecule is O=C(Nc1cccnc1)[C@H]1C[C@H]1c1ccccc1. The van der Waals surface area contributed by atoms with E-state index in [1.165, 1.54) is 5.56 Å². The fraction of sp³-hybridized carbons (Fsp3) is 0.200. The third-order valence-electron chi connectivity index (χ3n) is 3.28. The summed E-state index contributed by atoms with van der Waals surface area (Å²) in [4.78, 5) is 16.0. The number of aromatic nitrogens is 1. The van der Waals surface area contributed by atoms with E-state index >= 15 is 0 Å². The number of hydrogen-bond acceptors (Lipinski definition) is 2. The number of hydrogen-bond donors (Lipinski definition) is 1. The molecule has 1 N–H and O–H groups in total. The number of pyridine rings is 1. The normalized spacial score (nSPS) is 21.3. The minimum atomic E-state index is 0.0943. The predicted molar refractivity (Wildman–Crippen MR) is 70.2 cm³/mol. The van der Waals surface area contributed by atoms with Crippen LogP contribution in [0.2, 0.25) is 0 Å². The van der Waals surface area contributed by atoms with E-state index in [0.29, 0.717) is 5.92 Å². The van der Waals surface area contributed by atoms with Crippen LogP contribution in [0.1, 0.15) is 17.9 Å². The van der Waals surface area contributed by atoms with Gasteiger partial charge in [-0.2, -0.15) is 0 Å². The number of nitrogens with zero attached hydrogens (tertiary/aromatic N) is 1. The van der Waals surface area contributed by atoms with Gasteiger partial charge in [-0.25, -0.2) is 0 Å². The molecular weight excluding hydrogens is 224 g/mol. The van der Waals surface area contributed by atoms with Gasteiger partial charge in [0, 0.05) is 12.1 Å². The van der Waals surface area contributed by atoms with Crippen molar-refractivity contribution < 1.29 is 4.79 Å². The number of anilines is 1. The fourth-order valence-corrected chi connectivity index (χ4v) is 2.23. The molecule has 1 fully saturated rings. The molecule has 0 aliphatic heterocycles. The minimum absolute atomic E-state index is 0.0943. The Morgan fingerprint density at radius 2 is 2.00 bits per heavy atom. The summed E-state index contributed by atoms with van der Waals surface area (Å²) in [7, 11) is 0. The lowest BCUT2D eigenvalue weighted by Gasteiger charge is -2.04. The summed E-state index contributed by atoms with van der Waals surface area (Å²) in [5.74, 6) is 0.576. The van der Waals surface area contributed by atoms with Gasteiger partial charge in [-0.15, -0.1) is 0 Å². The van der Waals surface area contributed by atoms with Gasteiger partial charge < -0.3 is 5.32 Å². The van der Waals surface area contributed by atoms with Gasteiger partial charge in [0.2, 0.25) is 5.91 Å². The summed E-state index contributed by atoms with van der Waals surface area (Å²) in [5, 5.41) is 2.90. The Balaban J connectivity index is 1.63. The highest BCUT2D eigenvalue weighted by Crippen LogP contribution is 2.47. The Morgan fingerprint density at radius 3 is 2.72 bits per heavy atom. The molecule has 2 aromatic rings. The lowest BCUT2D eigenvalue weighted by atomic mass is 10.1. The first-order valence-corrected chi connectivity index (χ1v) is 6.10. The highest BCUT2D eigenvalue weighted by molar-refractivity contribution is 5.95. The topological polar surface area (TPSA) is 42.0 Å². The van der Waals surface area contributed by atoms with E-state index in [2.05, 4.69) is 22.4 Å². The van der Waals surface area contributed by atoms with Crippen LogP contribution in [0.25, 0.3) is 0 Å². The van der Waals surface area contributed by atoms with Crippen molar-refractivity contribution >= 4 is 11.6 Å². The first kappa shape index (κ1) is 11.0. The molecule has 0 unspecified atom stereocenters. The smallest absolute Gasteiger partial charge is 0.228 e. The van der Waals surface area contributed by atoms with E-state index < -0.39 is 0 Å². The predicted octanol–water partition coefficient (Wildman–Crippen LogP) is 2.82. The summed E-state index contributed by atoms with van der Waals surface area (Å²) in [6, 6.07) is 13.9. The molecule has 3 nitrogen and oxygen atoms in total. The van der Waals surface area contributed by atoms with Gasteiger partial charge in [0.1, 0.15) is 0 Å². The van der Waals surface area contributed by atoms with Crippen LogP contribution in [-0.4, -0.2) is 10.9 Å². The van der Waals surface area contributed by atoms with Gasteiger partial charge in [-0.3, -0.25) is 9.78 Å². The quantitative estimate of drug-likeness (QED) is 0.893. The van der Waals surface area contributed by atoms with Crippen LogP contribution in [0.4, 0.5) is 5.69 Å². The van der Waals surface area contributed by atoms with Gasteiger partial charge in [-0.1, -0.05) is 30.3 Å². The van der Waals surface area contributed by atoms with Crippen molar-refractivity contribution in [3.63, 3.8) is 0 Å². The van der Waals surface area contributed by atoms with Gasteiger partial charge in [0.25, 0.3) is 0 Å². The van der Waals surface area contributed by atoms with Crippen LogP contribution >= 0.6 is 0 Å². The molecule has 0 spiro atoms. The fourth-order valence-electron chi connectivity index (χ4n) is 2.23. The van der Waals surface area contributed by atoms with Crippen LogP contribution in [-0.2, 0) is 4.79 Å². The third kappa shape index (κ3) is 2.25. The Labute approximate surface area is 106 Å². The molecule has 1 aromatic heterocycles. The summed E-state index contributed by atoms with van der Waals surface area (Å²) >= 11 is 0. The Kier molecular flexibility index (Phi) is 2.81. The number of nitrogens with one attached hydrogen (secondary N) is 1. The second-order valence-electron chi connectivity index (χ2n) is 4.59. The molecule has 0 bridgehead atoms. The van der Waals surface area contributed by atoms with Crippen molar-refractivity contribution in [3.8, 4) is 0 Å². The largest absolute Gasteiger partial charge is 0.324 e. The average Bonchev–Trinajstić information content (AvgIpc) is 3.21. The maximum Gasteiger partial charge on any atom is 0.228 e. The molecule has 2 atom stereocenters. The maximum atomic E-state index is 12.0. The van der Waals surface area contributed by atoms with Crippen molar-refractivity contribution in [2.24, 2.45) is 5.92 Å². The standard InChI is InChI=1S/C15H14N2O/c18-15(17-12-7-4-8-16-10-12)14-9-13(14)11-5-2-1-3-6-11/h1-8,10,13-14H,9H2,(H,17,18)/t13-,14-/m0/s1. The summed E-state index contributed by atoms with van der Waals surface area (Å²) in [6.45, 7) is 0. The third-order valence-corrected chi connectivity index (χ3v) is 3.28. The number of amides is 1. The maximum absolute atomic E-state index is 12.0. The van der Waals surface area contributed by atoms with Crippen molar-refractivity contribution in [1.82, 2.24) is 4.98 Å². The molecule has 1 aliphatic rings.